The molecule has 5 heteroatoms. The van der Waals surface area contributed by atoms with Crippen molar-refractivity contribution in [2.75, 3.05) is 32.8 Å². The zero-order valence-corrected chi connectivity index (χ0v) is 11.1. The Hall–Kier alpha value is -0.810. The molecule has 1 rings (SSSR count). The van der Waals surface area contributed by atoms with Crippen LogP contribution in [0.3, 0.4) is 0 Å². The van der Waals surface area contributed by atoms with E-state index in [0.717, 1.165) is 19.5 Å². The van der Waals surface area contributed by atoms with Crippen molar-refractivity contribution in [2.45, 2.75) is 32.8 Å². The molecule has 0 unspecified atom stereocenters. The molecule has 0 aliphatic carbocycles. The van der Waals surface area contributed by atoms with E-state index in [-0.39, 0.29) is 6.09 Å². The van der Waals surface area contributed by atoms with Crippen LogP contribution in [0, 0.1) is 5.92 Å². The van der Waals surface area contributed by atoms with E-state index in [0.29, 0.717) is 25.7 Å². The first-order chi connectivity index (χ1) is 7.92. The lowest BCUT2D eigenvalue weighted by Gasteiger charge is -2.39. The third-order valence-corrected chi connectivity index (χ3v) is 2.46. The summed E-state index contributed by atoms with van der Waals surface area (Å²) in [5.41, 5.74) is 4.95. The maximum atomic E-state index is 11.6. The smallest absolute Gasteiger partial charge is 0.410 e. The van der Waals surface area contributed by atoms with Crippen LogP contribution in [0.1, 0.15) is 27.2 Å². The van der Waals surface area contributed by atoms with Crippen molar-refractivity contribution in [1.29, 1.82) is 0 Å². The third-order valence-electron chi connectivity index (χ3n) is 2.46. The van der Waals surface area contributed by atoms with E-state index < -0.39 is 5.60 Å². The molecule has 100 valence electrons. The van der Waals surface area contributed by atoms with Gasteiger partial charge in [-0.2, -0.15) is 0 Å². The highest BCUT2D eigenvalue weighted by Gasteiger charge is 2.33. The van der Waals surface area contributed by atoms with Crippen LogP contribution in [0.5, 0.6) is 0 Å². The highest BCUT2D eigenvalue weighted by atomic mass is 16.6. The minimum absolute atomic E-state index is 0.226. The molecule has 1 aliphatic heterocycles. The van der Waals surface area contributed by atoms with Crippen molar-refractivity contribution in [3.05, 3.63) is 0 Å². The Kier molecular flexibility index (Phi) is 5.21. The predicted molar refractivity (Wildman–Crippen MR) is 65.8 cm³/mol. The fraction of sp³-hybridized carbons (Fsp3) is 0.917. The van der Waals surface area contributed by atoms with Gasteiger partial charge in [0, 0.05) is 25.6 Å². The van der Waals surface area contributed by atoms with Crippen LogP contribution >= 0.6 is 0 Å². The molecule has 0 aromatic heterocycles. The van der Waals surface area contributed by atoms with E-state index in [1.54, 1.807) is 4.90 Å². The summed E-state index contributed by atoms with van der Waals surface area (Å²) in [4.78, 5) is 13.3. The van der Waals surface area contributed by atoms with Gasteiger partial charge in [-0.15, -0.1) is 0 Å². The van der Waals surface area contributed by atoms with Gasteiger partial charge in [0.1, 0.15) is 5.60 Å². The minimum Gasteiger partial charge on any atom is -0.444 e. The topological polar surface area (TPSA) is 64.8 Å². The van der Waals surface area contributed by atoms with Crippen LogP contribution < -0.4 is 5.73 Å². The van der Waals surface area contributed by atoms with Gasteiger partial charge in [0.05, 0.1) is 6.61 Å². The summed E-state index contributed by atoms with van der Waals surface area (Å²) >= 11 is 0. The van der Waals surface area contributed by atoms with E-state index in [4.69, 9.17) is 15.2 Å². The normalized spacial score (nSPS) is 16.8. The molecular weight excluding hydrogens is 220 g/mol. The average Bonchev–Trinajstić information content (AvgIpc) is 2.11. The molecule has 0 spiro atoms. The highest BCUT2D eigenvalue weighted by molar-refractivity contribution is 5.69. The average molecular weight is 244 g/mol. The summed E-state index contributed by atoms with van der Waals surface area (Å²) in [5, 5.41) is 0. The van der Waals surface area contributed by atoms with E-state index in [2.05, 4.69) is 0 Å². The second-order valence-electron chi connectivity index (χ2n) is 5.47. The summed E-state index contributed by atoms with van der Waals surface area (Å²) < 4.78 is 10.7. The monoisotopic (exact) mass is 244 g/mol. The Bertz CT molecular complexity index is 245. The number of ether oxygens (including phenoxy) is 2. The molecule has 5 nitrogen and oxygen atoms in total. The lowest BCUT2D eigenvalue weighted by Crippen LogP contribution is -2.53. The van der Waals surface area contributed by atoms with Gasteiger partial charge in [-0.1, -0.05) is 0 Å². The van der Waals surface area contributed by atoms with Gasteiger partial charge < -0.3 is 20.1 Å². The third kappa shape index (κ3) is 5.37. The van der Waals surface area contributed by atoms with E-state index in [9.17, 15) is 4.79 Å². The lowest BCUT2D eigenvalue weighted by atomic mass is 10.0. The molecule has 1 amide bonds. The standard InChI is InChI=1S/C12H24N2O3/c1-12(2,3)17-11(15)14-7-10(8-14)9-16-6-4-5-13/h10H,4-9,13H2,1-3H3. The van der Waals surface area contributed by atoms with Gasteiger partial charge in [0.2, 0.25) is 0 Å². The quantitative estimate of drug-likeness (QED) is 0.738. The molecule has 0 atom stereocenters. The first-order valence-corrected chi connectivity index (χ1v) is 6.18. The fourth-order valence-corrected chi connectivity index (χ4v) is 1.59. The van der Waals surface area contributed by atoms with Gasteiger partial charge in [-0.3, -0.25) is 0 Å². The molecule has 1 saturated heterocycles. The summed E-state index contributed by atoms with van der Waals surface area (Å²) in [6, 6.07) is 0. The SMILES string of the molecule is CC(C)(C)OC(=O)N1CC(COCCCN)C1. The van der Waals surface area contributed by atoms with Crippen LogP contribution in [0.15, 0.2) is 0 Å². The Labute approximate surface area is 103 Å². The summed E-state index contributed by atoms with van der Waals surface area (Å²) in [5.74, 6) is 0.445. The van der Waals surface area contributed by atoms with Crippen LogP contribution in [-0.4, -0.2) is 49.4 Å². The molecule has 0 aromatic carbocycles. The van der Waals surface area contributed by atoms with E-state index in [1.807, 2.05) is 20.8 Å². The number of hydrogen-bond donors (Lipinski definition) is 1. The molecule has 1 heterocycles. The number of nitrogens with two attached hydrogens (primary N) is 1. The Morgan fingerprint density at radius 2 is 2.06 bits per heavy atom. The Morgan fingerprint density at radius 1 is 1.41 bits per heavy atom. The van der Waals surface area contributed by atoms with Gasteiger partial charge in [0.25, 0.3) is 0 Å². The van der Waals surface area contributed by atoms with Crippen molar-refractivity contribution in [3.63, 3.8) is 0 Å². The number of carbonyl (C=O) groups excluding carboxylic acids is 1. The van der Waals surface area contributed by atoms with Gasteiger partial charge in [-0.25, -0.2) is 4.79 Å². The van der Waals surface area contributed by atoms with E-state index >= 15 is 0 Å². The number of likely N-dealkylation sites (tertiary alicyclic amines) is 1. The second kappa shape index (κ2) is 6.21. The zero-order valence-electron chi connectivity index (χ0n) is 11.1. The summed E-state index contributed by atoms with van der Waals surface area (Å²) in [6.07, 6.45) is 0.665. The molecule has 17 heavy (non-hydrogen) atoms. The van der Waals surface area contributed by atoms with E-state index in [1.165, 1.54) is 0 Å². The highest BCUT2D eigenvalue weighted by Crippen LogP contribution is 2.19. The first kappa shape index (κ1) is 14.3. The number of rotatable bonds is 5. The lowest BCUT2D eigenvalue weighted by molar-refractivity contribution is -0.0202. The summed E-state index contributed by atoms with van der Waals surface area (Å²) in [6.45, 7) is 9.16. The van der Waals surface area contributed by atoms with Gasteiger partial charge in [-0.05, 0) is 33.7 Å². The predicted octanol–water partition coefficient (Wildman–Crippen LogP) is 1.22. The first-order valence-electron chi connectivity index (χ1n) is 6.18. The van der Waals surface area contributed by atoms with Crippen LogP contribution in [0.25, 0.3) is 0 Å². The molecule has 2 N–H and O–H groups in total. The van der Waals surface area contributed by atoms with Gasteiger partial charge >= 0.3 is 6.09 Å². The fourth-order valence-electron chi connectivity index (χ4n) is 1.59. The Balaban J connectivity index is 2.08. The molecule has 0 radical (unpaired) electrons. The number of nitrogens with zero attached hydrogens (tertiary/aromatic N) is 1. The largest absolute Gasteiger partial charge is 0.444 e. The second-order valence-corrected chi connectivity index (χ2v) is 5.47. The van der Waals surface area contributed by atoms with Gasteiger partial charge in [0.15, 0.2) is 0 Å². The van der Waals surface area contributed by atoms with Crippen LogP contribution in [-0.2, 0) is 9.47 Å². The van der Waals surface area contributed by atoms with Crippen molar-refractivity contribution in [2.24, 2.45) is 11.7 Å². The van der Waals surface area contributed by atoms with Crippen molar-refractivity contribution < 1.29 is 14.3 Å². The molecular formula is C12H24N2O3. The molecule has 1 aliphatic rings. The van der Waals surface area contributed by atoms with Crippen molar-refractivity contribution >= 4 is 6.09 Å². The zero-order chi connectivity index (χ0) is 12.9. The number of hydrogen-bond acceptors (Lipinski definition) is 4. The van der Waals surface area contributed by atoms with Crippen LogP contribution in [0.2, 0.25) is 0 Å². The minimum atomic E-state index is -0.417. The maximum absolute atomic E-state index is 11.6. The van der Waals surface area contributed by atoms with Crippen LogP contribution in [0.4, 0.5) is 4.79 Å². The Morgan fingerprint density at radius 3 is 2.59 bits per heavy atom. The molecule has 0 saturated carbocycles. The molecule has 0 aromatic rings. The molecule has 1 fully saturated rings. The summed E-state index contributed by atoms with van der Waals surface area (Å²) in [7, 11) is 0. The van der Waals surface area contributed by atoms with Crippen molar-refractivity contribution in [3.8, 4) is 0 Å². The molecule has 0 bridgehead atoms. The van der Waals surface area contributed by atoms with Crippen molar-refractivity contribution in [1.82, 2.24) is 4.90 Å². The maximum Gasteiger partial charge on any atom is 0.410 e. The number of carbonyl (C=O) groups is 1. The number of amides is 1.